The van der Waals surface area contributed by atoms with Crippen molar-refractivity contribution in [3.8, 4) is 11.5 Å². The summed E-state index contributed by atoms with van der Waals surface area (Å²) in [4.78, 5) is 16.0. The zero-order valence-corrected chi connectivity index (χ0v) is 17.7. The molecule has 0 spiro atoms. The molecule has 0 radical (unpaired) electrons. The van der Waals surface area contributed by atoms with Crippen LogP contribution in [0.3, 0.4) is 0 Å². The molecule has 0 fully saturated rings. The molecule has 0 saturated heterocycles. The van der Waals surface area contributed by atoms with E-state index in [1.165, 1.54) is 17.8 Å². The third-order valence-corrected chi connectivity index (χ3v) is 5.72. The predicted molar refractivity (Wildman–Crippen MR) is 111 cm³/mol. The van der Waals surface area contributed by atoms with Crippen molar-refractivity contribution in [1.29, 1.82) is 0 Å². The number of hydrogen-bond donors (Lipinski definition) is 0. The molecule has 0 atom stereocenters. The molecule has 0 amide bonds. The summed E-state index contributed by atoms with van der Waals surface area (Å²) in [6.45, 7) is 1.91. The number of aromatic nitrogens is 2. The largest absolute Gasteiger partial charge is 0.457 e. The molecule has 2 aromatic carbocycles. The smallest absolute Gasteiger partial charge is 0.417 e. The Morgan fingerprint density at radius 3 is 2.43 bits per heavy atom. The Kier molecular flexibility index (Phi) is 6.77. The Labute approximate surface area is 180 Å². The first-order valence-corrected chi connectivity index (χ1v) is 10.4. The van der Waals surface area contributed by atoms with E-state index in [9.17, 15) is 18.0 Å². The molecule has 0 saturated carbocycles. The van der Waals surface area contributed by atoms with Crippen LogP contribution in [0.2, 0.25) is 5.02 Å². The Bertz CT molecular complexity index is 1100. The molecular weight excluding hydrogens is 437 g/mol. The molecule has 1 aromatic heterocycles. The van der Waals surface area contributed by atoms with Gasteiger partial charge in [-0.1, -0.05) is 42.4 Å². The summed E-state index contributed by atoms with van der Waals surface area (Å²) in [7, 11) is 1.84. The Morgan fingerprint density at radius 2 is 1.80 bits per heavy atom. The van der Waals surface area contributed by atoms with E-state index in [1.54, 1.807) is 30.5 Å². The maximum Gasteiger partial charge on any atom is 0.417 e. The van der Waals surface area contributed by atoms with Crippen LogP contribution in [0.15, 0.2) is 58.6 Å². The maximum atomic E-state index is 13.0. The number of halogens is 4. The summed E-state index contributed by atoms with van der Waals surface area (Å²) in [5, 5.41) is 0.232. The van der Waals surface area contributed by atoms with Gasteiger partial charge in [0, 0.05) is 24.6 Å². The minimum absolute atomic E-state index is 0.0454. The lowest BCUT2D eigenvalue weighted by atomic mass is 10.2. The van der Waals surface area contributed by atoms with E-state index in [2.05, 4.69) is 4.98 Å². The van der Waals surface area contributed by atoms with Crippen molar-refractivity contribution in [2.75, 3.05) is 0 Å². The van der Waals surface area contributed by atoms with Gasteiger partial charge in [-0.2, -0.15) is 18.2 Å². The van der Waals surface area contributed by atoms with Crippen molar-refractivity contribution in [2.24, 2.45) is 7.05 Å². The first kappa shape index (κ1) is 22.2. The first-order chi connectivity index (χ1) is 14.2. The minimum Gasteiger partial charge on any atom is -0.457 e. The van der Waals surface area contributed by atoms with Gasteiger partial charge in [0.05, 0.1) is 10.6 Å². The van der Waals surface area contributed by atoms with Gasteiger partial charge in [-0.15, -0.1) is 0 Å². The molecule has 158 valence electrons. The van der Waals surface area contributed by atoms with Gasteiger partial charge >= 0.3 is 6.18 Å². The van der Waals surface area contributed by atoms with E-state index in [0.717, 1.165) is 17.7 Å². The lowest BCUT2D eigenvalue weighted by molar-refractivity contribution is -0.137. The van der Waals surface area contributed by atoms with Crippen molar-refractivity contribution in [3.05, 3.63) is 80.7 Å². The second-order valence-electron chi connectivity index (χ2n) is 6.49. The normalized spacial score (nSPS) is 11.5. The van der Waals surface area contributed by atoms with Gasteiger partial charge in [-0.05, 0) is 42.3 Å². The molecular formula is C21H18ClF3N2O2S. The van der Waals surface area contributed by atoms with Crippen LogP contribution in [0.25, 0.3) is 0 Å². The van der Waals surface area contributed by atoms with Crippen LogP contribution < -0.4 is 10.3 Å². The highest BCUT2D eigenvalue weighted by Crippen LogP contribution is 2.37. The van der Waals surface area contributed by atoms with Gasteiger partial charge in [0.15, 0.2) is 5.16 Å². The highest BCUT2D eigenvalue weighted by atomic mass is 35.5. The number of hydrogen-bond acceptors (Lipinski definition) is 4. The summed E-state index contributed by atoms with van der Waals surface area (Å²) in [6.07, 6.45) is -2.14. The highest BCUT2D eigenvalue weighted by Gasteiger charge is 2.33. The summed E-state index contributed by atoms with van der Waals surface area (Å²) in [5.74, 6) is 1.02. The second kappa shape index (κ2) is 9.14. The average molecular weight is 455 g/mol. The van der Waals surface area contributed by atoms with Crippen LogP contribution >= 0.6 is 23.4 Å². The van der Waals surface area contributed by atoms with E-state index in [0.29, 0.717) is 28.6 Å². The van der Waals surface area contributed by atoms with Crippen LogP contribution in [0.4, 0.5) is 13.2 Å². The van der Waals surface area contributed by atoms with Gasteiger partial charge in [0.2, 0.25) is 0 Å². The maximum absolute atomic E-state index is 13.0. The fourth-order valence-electron chi connectivity index (χ4n) is 2.68. The predicted octanol–water partition coefficient (Wildman–Crippen LogP) is 6.10. The molecule has 0 aliphatic rings. The third kappa shape index (κ3) is 5.37. The molecule has 0 aliphatic heterocycles. The number of nitrogens with zero attached hydrogens (tertiary/aromatic N) is 2. The van der Waals surface area contributed by atoms with E-state index < -0.39 is 11.7 Å². The van der Waals surface area contributed by atoms with E-state index in [-0.39, 0.29) is 16.3 Å². The molecule has 0 bridgehead atoms. The molecule has 0 unspecified atom stereocenters. The highest BCUT2D eigenvalue weighted by molar-refractivity contribution is 7.98. The zero-order valence-electron chi connectivity index (χ0n) is 16.2. The summed E-state index contributed by atoms with van der Waals surface area (Å²) >= 11 is 7.04. The number of rotatable bonds is 6. The van der Waals surface area contributed by atoms with Crippen LogP contribution in [-0.2, 0) is 25.4 Å². The number of benzene rings is 2. The van der Waals surface area contributed by atoms with Gasteiger partial charge in [-0.25, -0.2) is 0 Å². The summed E-state index contributed by atoms with van der Waals surface area (Å²) < 4.78 is 46.3. The van der Waals surface area contributed by atoms with Crippen molar-refractivity contribution in [3.63, 3.8) is 0 Å². The Morgan fingerprint density at radius 1 is 1.13 bits per heavy atom. The van der Waals surface area contributed by atoms with Gasteiger partial charge in [0.1, 0.15) is 11.5 Å². The molecule has 0 N–H and O–H groups in total. The van der Waals surface area contributed by atoms with Gasteiger partial charge in [0.25, 0.3) is 5.56 Å². The lowest BCUT2D eigenvalue weighted by Crippen LogP contribution is -2.17. The molecule has 3 aromatic rings. The van der Waals surface area contributed by atoms with E-state index >= 15 is 0 Å². The fourth-order valence-corrected chi connectivity index (χ4v) is 3.80. The van der Waals surface area contributed by atoms with Crippen molar-refractivity contribution < 1.29 is 17.9 Å². The summed E-state index contributed by atoms with van der Waals surface area (Å²) in [5.41, 5.74) is 0.456. The molecule has 3 rings (SSSR count). The number of ether oxygens (including phenoxy) is 1. The fraction of sp³-hybridized carbons (Fsp3) is 0.238. The SMILES string of the molecule is CCc1cn(C)c(SCc2ccc(Oc3ccc(Cl)c(C(F)(F)F)c3)cc2)nc1=O. The van der Waals surface area contributed by atoms with Gasteiger partial charge in [-0.3, -0.25) is 4.79 Å². The average Bonchev–Trinajstić information content (AvgIpc) is 2.70. The van der Waals surface area contributed by atoms with Crippen molar-refractivity contribution >= 4 is 23.4 Å². The molecule has 9 heteroatoms. The van der Waals surface area contributed by atoms with Crippen molar-refractivity contribution in [2.45, 2.75) is 30.4 Å². The number of aryl methyl sites for hydroxylation is 2. The molecule has 30 heavy (non-hydrogen) atoms. The Hall–Kier alpha value is -2.45. The topological polar surface area (TPSA) is 44.1 Å². The molecule has 4 nitrogen and oxygen atoms in total. The Balaban J connectivity index is 1.68. The standard InChI is InChI=1S/C21H18ClF3N2O2S/c1-3-14-11-27(2)20(26-19(14)28)30-12-13-4-6-15(7-5-13)29-16-8-9-18(22)17(10-16)21(23,24)25/h4-11H,3,12H2,1-2H3. The van der Waals surface area contributed by atoms with Gasteiger partial charge < -0.3 is 9.30 Å². The van der Waals surface area contributed by atoms with E-state index in [1.807, 2.05) is 18.5 Å². The monoisotopic (exact) mass is 454 g/mol. The van der Waals surface area contributed by atoms with Crippen LogP contribution in [-0.4, -0.2) is 9.55 Å². The van der Waals surface area contributed by atoms with E-state index in [4.69, 9.17) is 16.3 Å². The third-order valence-electron chi connectivity index (χ3n) is 4.27. The second-order valence-corrected chi connectivity index (χ2v) is 7.84. The number of alkyl halides is 3. The number of thioether (sulfide) groups is 1. The van der Waals surface area contributed by atoms with Crippen LogP contribution in [0.1, 0.15) is 23.6 Å². The van der Waals surface area contributed by atoms with Crippen LogP contribution in [0.5, 0.6) is 11.5 Å². The summed E-state index contributed by atoms with van der Waals surface area (Å²) in [6, 6.07) is 10.4. The lowest BCUT2D eigenvalue weighted by Gasteiger charge is -2.12. The van der Waals surface area contributed by atoms with Crippen LogP contribution in [0, 0.1) is 0 Å². The van der Waals surface area contributed by atoms with Crippen molar-refractivity contribution in [1.82, 2.24) is 9.55 Å². The first-order valence-electron chi connectivity index (χ1n) is 9.00. The minimum atomic E-state index is -4.55. The zero-order chi connectivity index (χ0) is 21.9. The molecule has 1 heterocycles. The quantitative estimate of drug-likeness (QED) is 0.333. The molecule has 0 aliphatic carbocycles.